The van der Waals surface area contributed by atoms with Gasteiger partial charge in [0.15, 0.2) is 0 Å². The van der Waals surface area contributed by atoms with Gasteiger partial charge in [0.25, 0.3) is 5.91 Å². The summed E-state index contributed by atoms with van der Waals surface area (Å²) in [6.07, 6.45) is 11.6. The van der Waals surface area contributed by atoms with Crippen LogP contribution in [0.4, 0.5) is 0 Å². The minimum Gasteiger partial charge on any atom is -0.393 e. The van der Waals surface area contributed by atoms with Crippen LogP contribution in [-0.2, 0) is 6.42 Å². The van der Waals surface area contributed by atoms with Crippen LogP contribution in [0.15, 0.2) is 18.5 Å². The van der Waals surface area contributed by atoms with Crippen LogP contribution in [0, 0.1) is 5.92 Å². The van der Waals surface area contributed by atoms with E-state index in [1.165, 1.54) is 49.4 Å². The van der Waals surface area contributed by atoms with Crippen LogP contribution in [0.2, 0.25) is 0 Å². The molecule has 2 aliphatic heterocycles. The van der Waals surface area contributed by atoms with E-state index in [2.05, 4.69) is 27.0 Å². The number of pyridine rings is 1. The van der Waals surface area contributed by atoms with Crippen molar-refractivity contribution in [3.63, 3.8) is 0 Å². The van der Waals surface area contributed by atoms with E-state index >= 15 is 0 Å². The number of thioether (sulfide) groups is 1. The van der Waals surface area contributed by atoms with Crippen molar-refractivity contribution in [3.05, 3.63) is 29.6 Å². The fourth-order valence-electron chi connectivity index (χ4n) is 4.96. The molecular formula is C22H33N3O2S. The quantitative estimate of drug-likeness (QED) is 0.791. The summed E-state index contributed by atoms with van der Waals surface area (Å²) in [5, 5.41) is 12.8. The smallest absolute Gasteiger partial charge is 0.253 e. The van der Waals surface area contributed by atoms with E-state index in [0.29, 0.717) is 11.5 Å². The molecule has 0 aromatic carbocycles. The van der Waals surface area contributed by atoms with E-state index in [1.54, 1.807) is 6.20 Å². The first-order valence-electron chi connectivity index (χ1n) is 10.9. The number of hydrogen-bond donors (Lipinski definition) is 2. The summed E-state index contributed by atoms with van der Waals surface area (Å²) in [5.41, 5.74) is 1.85. The largest absolute Gasteiger partial charge is 0.393 e. The number of likely N-dealkylation sites (tertiary alicyclic amines) is 1. The number of nitrogens with one attached hydrogen (secondary N) is 1. The lowest BCUT2D eigenvalue weighted by Gasteiger charge is -2.30. The van der Waals surface area contributed by atoms with Crippen molar-refractivity contribution in [1.82, 2.24) is 15.2 Å². The molecule has 1 saturated carbocycles. The van der Waals surface area contributed by atoms with Gasteiger partial charge in [-0.1, -0.05) is 0 Å². The molecule has 1 aromatic heterocycles. The van der Waals surface area contributed by atoms with Crippen molar-refractivity contribution >= 4 is 17.7 Å². The summed E-state index contributed by atoms with van der Waals surface area (Å²) < 4.78 is 0. The SMILES string of the molecule is O=C(NC1CCC(O)CC1)c1cncc(CC2CCN(C3CCSCC3)C2)c1. The van der Waals surface area contributed by atoms with Gasteiger partial charge in [-0.05, 0) is 87.0 Å². The lowest BCUT2D eigenvalue weighted by molar-refractivity contribution is 0.0867. The fraction of sp³-hybridized carbons (Fsp3) is 0.727. The maximum atomic E-state index is 12.6. The predicted molar refractivity (Wildman–Crippen MR) is 114 cm³/mol. The number of aliphatic hydroxyl groups is 1. The summed E-state index contributed by atoms with van der Waals surface area (Å²) >= 11 is 2.09. The molecule has 0 spiro atoms. The number of aliphatic hydroxyl groups excluding tert-OH is 1. The highest BCUT2D eigenvalue weighted by Gasteiger charge is 2.29. The van der Waals surface area contributed by atoms with Gasteiger partial charge in [0.2, 0.25) is 0 Å². The molecule has 3 heterocycles. The van der Waals surface area contributed by atoms with Crippen molar-refractivity contribution in [3.8, 4) is 0 Å². The van der Waals surface area contributed by atoms with E-state index in [1.807, 2.05) is 12.3 Å². The zero-order valence-electron chi connectivity index (χ0n) is 16.7. The summed E-state index contributed by atoms with van der Waals surface area (Å²) in [6.45, 7) is 2.41. The average Bonchev–Trinajstić information content (AvgIpc) is 3.19. The second kappa shape index (κ2) is 9.59. The van der Waals surface area contributed by atoms with E-state index in [4.69, 9.17) is 0 Å². The van der Waals surface area contributed by atoms with E-state index in [0.717, 1.165) is 38.1 Å². The van der Waals surface area contributed by atoms with Crippen LogP contribution >= 0.6 is 11.8 Å². The first kappa shape index (κ1) is 20.2. The van der Waals surface area contributed by atoms with Gasteiger partial charge in [0.1, 0.15) is 0 Å². The minimum absolute atomic E-state index is 0.0245. The van der Waals surface area contributed by atoms with Gasteiger partial charge in [0.05, 0.1) is 11.7 Å². The average molecular weight is 404 g/mol. The number of carbonyl (C=O) groups excluding carboxylic acids is 1. The van der Waals surface area contributed by atoms with E-state index in [9.17, 15) is 9.90 Å². The highest BCUT2D eigenvalue weighted by Crippen LogP contribution is 2.28. The number of amides is 1. The second-order valence-electron chi connectivity index (χ2n) is 8.76. The third-order valence-electron chi connectivity index (χ3n) is 6.64. The van der Waals surface area contributed by atoms with Gasteiger partial charge < -0.3 is 15.3 Å². The Morgan fingerprint density at radius 3 is 2.71 bits per heavy atom. The Hall–Kier alpha value is -1.11. The Kier molecular flexibility index (Phi) is 6.91. The third-order valence-corrected chi connectivity index (χ3v) is 7.69. The van der Waals surface area contributed by atoms with E-state index < -0.39 is 0 Å². The molecule has 3 aliphatic rings. The highest BCUT2D eigenvalue weighted by molar-refractivity contribution is 7.99. The number of hydrogen-bond acceptors (Lipinski definition) is 5. The van der Waals surface area contributed by atoms with Gasteiger partial charge in [-0.15, -0.1) is 0 Å². The predicted octanol–water partition coefficient (Wildman–Crippen LogP) is 2.87. The molecule has 2 N–H and O–H groups in total. The molecule has 1 atom stereocenters. The highest BCUT2D eigenvalue weighted by atomic mass is 32.2. The standard InChI is InChI=1S/C22H33N3O2S/c26-21-3-1-19(2-4-21)24-22(27)18-12-17(13-23-14-18)11-16-5-8-25(15-16)20-6-9-28-10-7-20/h12-14,16,19-21,26H,1-11,15H2,(H,24,27). The van der Waals surface area contributed by atoms with E-state index in [-0.39, 0.29) is 18.1 Å². The third kappa shape index (κ3) is 5.28. The number of carbonyl (C=O) groups is 1. The fourth-order valence-corrected chi connectivity index (χ4v) is 6.04. The first-order chi connectivity index (χ1) is 13.7. The Balaban J connectivity index is 1.29. The molecule has 1 amide bonds. The van der Waals surface area contributed by atoms with Gasteiger partial charge >= 0.3 is 0 Å². The molecule has 2 saturated heterocycles. The topological polar surface area (TPSA) is 65.5 Å². The Morgan fingerprint density at radius 1 is 1.14 bits per heavy atom. The van der Waals surface area contributed by atoms with Gasteiger partial charge in [-0.25, -0.2) is 0 Å². The molecule has 1 aromatic rings. The Bertz CT molecular complexity index is 657. The molecule has 0 radical (unpaired) electrons. The lowest BCUT2D eigenvalue weighted by atomic mass is 9.93. The summed E-state index contributed by atoms with van der Waals surface area (Å²) in [4.78, 5) is 19.7. The van der Waals surface area contributed by atoms with Crippen LogP contribution in [0.5, 0.6) is 0 Å². The molecule has 1 unspecified atom stereocenters. The number of rotatable bonds is 5. The zero-order chi connectivity index (χ0) is 19.3. The van der Waals surface area contributed by atoms with Crippen molar-refractivity contribution in [2.24, 2.45) is 5.92 Å². The second-order valence-corrected chi connectivity index (χ2v) is 9.98. The van der Waals surface area contributed by atoms with Gasteiger partial charge in [0, 0.05) is 31.0 Å². The van der Waals surface area contributed by atoms with Crippen LogP contribution < -0.4 is 5.32 Å². The summed E-state index contributed by atoms with van der Waals surface area (Å²) in [5.74, 6) is 3.28. The molecule has 4 rings (SSSR count). The van der Waals surface area contributed by atoms with Crippen molar-refractivity contribution in [2.45, 2.75) is 69.6 Å². The molecule has 0 bridgehead atoms. The summed E-state index contributed by atoms with van der Waals surface area (Å²) in [6, 6.07) is 2.99. The van der Waals surface area contributed by atoms with Crippen LogP contribution in [0.3, 0.4) is 0 Å². The molecule has 3 fully saturated rings. The summed E-state index contributed by atoms with van der Waals surface area (Å²) in [7, 11) is 0. The van der Waals surface area contributed by atoms with Crippen LogP contribution in [0.1, 0.15) is 60.9 Å². The lowest BCUT2D eigenvalue weighted by Crippen LogP contribution is -2.38. The van der Waals surface area contributed by atoms with Crippen molar-refractivity contribution in [2.75, 3.05) is 24.6 Å². The zero-order valence-corrected chi connectivity index (χ0v) is 17.5. The molecular weight excluding hydrogens is 370 g/mol. The molecule has 5 nitrogen and oxygen atoms in total. The van der Waals surface area contributed by atoms with Crippen molar-refractivity contribution in [1.29, 1.82) is 0 Å². The molecule has 154 valence electrons. The molecule has 6 heteroatoms. The first-order valence-corrected chi connectivity index (χ1v) is 12.1. The minimum atomic E-state index is -0.198. The monoisotopic (exact) mass is 403 g/mol. The Labute approximate surface area is 172 Å². The Morgan fingerprint density at radius 2 is 1.93 bits per heavy atom. The molecule has 28 heavy (non-hydrogen) atoms. The van der Waals surface area contributed by atoms with Crippen LogP contribution in [-0.4, -0.2) is 63.7 Å². The normalized spacial score (nSPS) is 29.7. The maximum Gasteiger partial charge on any atom is 0.253 e. The number of nitrogens with zero attached hydrogens (tertiary/aromatic N) is 2. The molecule has 1 aliphatic carbocycles. The van der Waals surface area contributed by atoms with Gasteiger partial charge in [-0.2, -0.15) is 11.8 Å². The van der Waals surface area contributed by atoms with Crippen molar-refractivity contribution < 1.29 is 9.90 Å². The van der Waals surface area contributed by atoms with Gasteiger partial charge in [-0.3, -0.25) is 9.78 Å². The number of aromatic nitrogens is 1. The maximum absolute atomic E-state index is 12.6. The van der Waals surface area contributed by atoms with Crippen LogP contribution in [0.25, 0.3) is 0 Å².